The number of likely N-dealkylation sites (tertiary alicyclic amines) is 1. The van der Waals surface area contributed by atoms with Crippen molar-refractivity contribution in [3.63, 3.8) is 0 Å². The van der Waals surface area contributed by atoms with Crippen LogP contribution in [0, 0.1) is 5.92 Å². The number of hydrogen-bond acceptors (Lipinski definition) is 4. The molecule has 1 amide bonds. The maximum atomic E-state index is 12.5. The number of rotatable bonds is 4. The van der Waals surface area contributed by atoms with E-state index in [4.69, 9.17) is 28.2 Å². The Labute approximate surface area is 206 Å². The highest BCUT2D eigenvalue weighted by atomic mass is 79.9. The first kappa shape index (κ1) is 24.0. The second-order valence-corrected chi connectivity index (χ2v) is 12.0. The molecule has 1 atom stereocenters. The third-order valence-electron chi connectivity index (χ3n) is 6.27. The standard InChI is InChI=1S/C22H24BrCl2N3O3S/c1-32(30,31)27-12-19(29)28-6-4-13(5-7-28)21-20-14(9-17(24)10-18(20)25)2-3-15-8-16(23)11-26-22(15)21/h8-11,13,21,27H,2-7,12H2,1H3. The summed E-state index contributed by atoms with van der Waals surface area (Å²) in [6, 6.07) is 5.94. The number of aromatic nitrogens is 1. The van der Waals surface area contributed by atoms with E-state index >= 15 is 0 Å². The summed E-state index contributed by atoms with van der Waals surface area (Å²) in [7, 11) is -3.40. The van der Waals surface area contributed by atoms with E-state index in [1.807, 2.05) is 12.3 Å². The van der Waals surface area contributed by atoms with E-state index in [0.717, 1.165) is 53.2 Å². The Kier molecular flexibility index (Phi) is 7.17. The number of benzene rings is 1. The molecule has 0 radical (unpaired) electrons. The van der Waals surface area contributed by atoms with Gasteiger partial charge in [0.1, 0.15) is 0 Å². The van der Waals surface area contributed by atoms with Crippen molar-refractivity contribution in [2.24, 2.45) is 5.92 Å². The predicted octanol–water partition coefficient (Wildman–Crippen LogP) is 4.17. The number of carbonyl (C=O) groups excluding carboxylic acids is 1. The van der Waals surface area contributed by atoms with E-state index in [1.165, 1.54) is 5.56 Å². The van der Waals surface area contributed by atoms with Gasteiger partial charge in [-0.2, -0.15) is 0 Å². The molecule has 2 aromatic rings. The summed E-state index contributed by atoms with van der Waals surface area (Å²) in [5.41, 5.74) is 4.48. The van der Waals surface area contributed by atoms with Gasteiger partial charge in [-0.3, -0.25) is 9.78 Å². The number of piperidine rings is 1. The molecule has 172 valence electrons. The van der Waals surface area contributed by atoms with Crippen LogP contribution in [0.1, 0.15) is 41.1 Å². The Hall–Kier alpha value is -1.19. The van der Waals surface area contributed by atoms with Gasteiger partial charge in [-0.05, 0) is 82.4 Å². The van der Waals surface area contributed by atoms with Gasteiger partial charge < -0.3 is 4.90 Å². The summed E-state index contributed by atoms with van der Waals surface area (Å²) in [5.74, 6) is 0.0686. The van der Waals surface area contributed by atoms with Crippen LogP contribution in [-0.2, 0) is 27.7 Å². The molecule has 1 unspecified atom stereocenters. The first-order valence-electron chi connectivity index (χ1n) is 10.5. The van der Waals surface area contributed by atoms with Crippen LogP contribution >= 0.6 is 39.1 Å². The fourth-order valence-electron chi connectivity index (χ4n) is 4.82. The minimum absolute atomic E-state index is 0.0202. The van der Waals surface area contributed by atoms with Crippen molar-refractivity contribution in [3.05, 3.63) is 61.3 Å². The molecule has 1 aromatic carbocycles. The van der Waals surface area contributed by atoms with Crippen molar-refractivity contribution >= 4 is 55.1 Å². The molecule has 0 saturated carbocycles. The number of sulfonamides is 1. The number of amides is 1. The molecule has 6 nitrogen and oxygen atoms in total. The number of carbonyl (C=O) groups is 1. The van der Waals surface area contributed by atoms with Crippen LogP contribution < -0.4 is 4.72 Å². The number of halogens is 3. The molecule has 2 aliphatic rings. The first-order chi connectivity index (χ1) is 15.1. The molecule has 1 saturated heterocycles. The second kappa shape index (κ2) is 9.58. The van der Waals surface area contributed by atoms with Crippen molar-refractivity contribution in [3.8, 4) is 0 Å². The van der Waals surface area contributed by atoms with Gasteiger partial charge in [0, 0.05) is 39.7 Å². The molecule has 32 heavy (non-hydrogen) atoms. The van der Waals surface area contributed by atoms with Crippen molar-refractivity contribution < 1.29 is 13.2 Å². The van der Waals surface area contributed by atoms with Gasteiger partial charge in [0.25, 0.3) is 0 Å². The topological polar surface area (TPSA) is 79.4 Å². The second-order valence-electron chi connectivity index (χ2n) is 8.45. The molecule has 10 heteroatoms. The number of fused-ring (bicyclic) bond motifs is 2. The third-order valence-corrected chi connectivity index (χ3v) is 7.90. The summed E-state index contributed by atoms with van der Waals surface area (Å²) < 4.78 is 25.8. The summed E-state index contributed by atoms with van der Waals surface area (Å²) in [4.78, 5) is 19.0. The molecule has 2 heterocycles. The Morgan fingerprint density at radius 1 is 1.19 bits per heavy atom. The predicted molar refractivity (Wildman–Crippen MR) is 130 cm³/mol. The maximum absolute atomic E-state index is 12.5. The first-order valence-corrected chi connectivity index (χ1v) is 13.9. The van der Waals surface area contributed by atoms with Crippen molar-refractivity contribution in [1.29, 1.82) is 0 Å². The zero-order chi connectivity index (χ0) is 23.0. The van der Waals surface area contributed by atoms with Crippen LogP contribution in [0.2, 0.25) is 10.0 Å². The van der Waals surface area contributed by atoms with E-state index in [-0.39, 0.29) is 24.3 Å². The lowest BCUT2D eigenvalue weighted by Crippen LogP contribution is -2.44. The number of nitrogens with zero attached hydrogens (tertiary/aromatic N) is 2. The van der Waals surface area contributed by atoms with E-state index < -0.39 is 10.0 Å². The maximum Gasteiger partial charge on any atom is 0.237 e. The number of pyridine rings is 1. The molecule has 0 bridgehead atoms. The van der Waals surface area contributed by atoms with Gasteiger partial charge in [0.05, 0.1) is 18.5 Å². The normalized spacial score (nSPS) is 19.2. The molecular formula is C22H24BrCl2N3O3S. The average molecular weight is 561 g/mol. The highest BCUT2D eigenvalue weighted by molar-refractivity contribution is 9.10. The van der Waals surface area contributed by atoms with Crippen LogP contribution in [0.5, 0.6) is 0 Å². The number of aryl methyl sites for hydroxylation is 2. The van der Waals surface area contributed by atoms with Gasteiger partial charge in [0.2, 0.25) is 15.9 Å². The highest BCUT2D eigenvalue weighted by Crippen LogP contribution is 2.46. The quantitative estimate of drug-likeness (QED) is 0.608. The van der Waals surface area contributed by atoms with Gasteiger partial charge in [-0.25, -0.2) is 13.1 Å². The van der Waals surface area contributed by atoms with Crippen molar-refractivity contribution in [1.82, 2.24) is 14.6 Å². The van der Waals surface area contributed by atoms with Crippen LogP contribution in [0.3, 0.4) is 0 Å². The number of nitrogens with one attached hydrogen (secondary N) is 1. The zero-order valence-corrected chi connectivity index (χ0v) is 21.5. The Morgan fingerprint density at radius 3 is 2.56 bits per heavy atom. The summed E-state index contributed by atoms with van der Waals surface area (Å²) >= 11 is 16.6. The SMILES string of the molecule is CS(=O)(=O)NCC(=O)N1CCC(C2c3ncc(Br)cc3CCc3cc(Cl)cc(Cl)c32)CC1. The average Bonchev–Trinajstić information content (AvgIpc) is 2.88. The molecule has 1 aliphatic heterocycles. The molecule has 4 rings (SSSR count). The molecule has 1 aliphatic carbocycles. The van der Waals surface area contributed by atoms with Crippen LogP contribution in [0.25, 0.3) is 0 Å². The van der Waals surface area contributed by atoms with Gasteiger partial charge >= 0.3 is 0 Å². The smallest absolute Gasteiger partial charge is 0.237 e. The van der Waals surface area contributed by atoms with Crippen molar-refractivity contribution in [2.45, 2.75) is 31.6 Å². The van der Waals surface area contributed by atoms with Gasteiger partial charge in [-0.15, -0.1) is 0 Å². The van der Waals surface area contributed by atoms with E-state index in [0.29, 0.717) is 23.1 Å². The van der Waals surface area contributed by atoms with E-state index in [2.05, 4.69) is 26.7 Å². The molecule has 0 spiro atoms. The Balaban J connectivity index is 1.62. The monoisotopic (exact) mass is 559 g/mol. The fraction of sp³-hybridized carbons (Fsp3) is 0.455. The van der Waals surface area contributed by atoms with E-state index in [1.54, 1.807) is 11.0 Å². The Morgan fingerprint density at radius 2 is 1.88 bits per heavy atom. The van der Waals surface area contributed by atoms with Gasteiger partial charge in [-0.1, -0.05) is 23.2 Å². The molecular weight excluding hydrogens is 537 g/mol. The van der Waals surface area contributed by atoms with Crippen LogP contribution in [-0.4, -0.2) is 50.1 Å². The lowest BCUT2D eigenvalue weighted by Gasteiger charge is -2.37. The lowest BCUT2D eigenvalue weighted by atomic mass is 9.76. The third kappa shape index (κ3) is 5.30. The largest absolute Gasteiger partial charge is 0.342 e. The summed E-state index contributed by atoms with van der Waals surface area (Å²) in [5, 5.41) is 1.29. The van der Waals surface area contributed by atoms with E-state index in [9.17, 15) is 13.2 Å². The zero-order valence-electron chi connectivity index (χ0n) is 17.6. The van der Waals surface area contributed by atoms with Crippen LogP contribution in [0.4, 0.5) is 0 Å². The summed E-state index contributed by atoms with van der Waals surface area (Å²) in [6.07, 6.45) is 6.14. The van der Waals surface area contributed by atoms with Crippen molar-refractivity contribution in [2.75, 3.05) is 25.9 Å². The molecule has 1 aromatic heterocycles. The Bertz CT molecular complexity index is 1150. The number of hydrogen-bond donors (Lipinski definition) is 1. The van der Waals surface area contributed by atoms with Gasteiger partial charge in [0.15, 0.2) is 0 Å². The summed E-state index contributed by atoms with van der Waals surface area (Å²) in [6.45, 7) is 0.925. The van der Waals surface area contributed by atoms with Crippen LogP contribution in [0.15, 0.2) is 28.9 Å². The lowest BCUT2D eigenvalue weighted by molar-refractivity contribution is -0.131. The highest BCUT2D eigenvalue weighted by Gasteiger charge is 2.36. The molecule has 1 N–H and O–H groups in total. The fourth-order valence-corrected chi connectivity index (χ4v) is 6.23. The minimum Gasteiger partial charge on any atom is -0.342 e. The molecule has 1 fully saturated rings. The minimum atomic E-state index is -3.40.